The topological polar surface area (TPSA) is 159 Å². The van der Waals surface area contributed by atoms with Crippen molar-refractivity contribution in [3.05, 3.63) is 20.8 Å². The minimum absolute atomic E-state index is 0.0188. The minimum Gasteiger partial charge on any atom is -0.394 e. The van der Waals surface area contributed by atoms with Gasteiger partial charge in [-0.05, 0) is 0 Å². The number of rotatable bonds is 2. The summed E-state index contributed by atoms with van der Waals surface area (Å²) in [5.41, 5.74) is 4.32. The third-order valence-corrected chi connectivity index (χ3v) is 3.27. The van der Waals surface area contributed by atoms with E-state index in [0.29, 0.717) is 0 Å². The number of hydrogen-bond acceptors (Lipinski definition) is 7. The van der Waals surface area contributed by atoms with Crippen LogP contribution in [0, 0.1) is 0 Å². The Morgan fingerprint density at radius 3 is 2.85 bits per heavy atom. The molecule has 0 spiro atoms. The van der Waals surface area contributed by atoms with Gasteiger partial charge in [-0.2, -0.15) is 4.98 Å². The highest BCUT2D eigenvalue weighted by atomic mass is 16.5. The van der Waals surface area contributed by atoms with E-state index >= 15 is 0 Å². The number of aliphatic hydroxyl groups excluding tert-OH is 2. The van der Waals surface area contributed by atoms with Crippen LogP contribution in [0.3, 0.4) is 0 Å². The smallest absolute Gasteiger partial charge is 0.329 e. The van der Waals surface area contributed by atoms with E-state index in [2.05, 4.69) is 15.0 Å². The summed E-state index contributed by atoms with van der Waals surface area (Å²) in [5, 5.41) is 18.8. The van der Waals surface area contributed by atoms with Crippen LogP contribution in [0.5, 0.6) is 0 Å². The average molecular weight is 283 g/mol. The second kappa shape index (κ2) is 4.44. The minimum atomic E-state index is -0.902. The molecule has 10 heteroatoms. The molecule has 3 heterocycles. The van der Waals surface area contributed by atoms with Crippen LogP contribution < -0.4 is 17.0 Å². The Morgan fingerprint density at radius 2 is 2.20 bits per heavy atom. The number of aliphatic hydroxyl groups is 2. The van der Waals surface area contributed by atoms with Gasteiger partial charge in [0.15, 0.2) is 11.2 Å². The summed E-state index contributed by atoms with van der Waals surface area (Å²) in [5.74, 6) is -0.132. The van der Waals surface area contributed by atoms with Crippen molar-refractivity contribution in [2.24, 2.45) is 0 Å². The molecule has 0 bridgehead atoms. The number of anilines is 1. The van der Waals surface area contributed by atoms with Crippen LogP contribution in [0.4, 0.5) is 5.95 Å². The maximum atomic E-state index is 11.9. The molecule has 6 N–H and O–H groups in total. The summed E-state index contributed by atoms with van der Waals surface area (Å²) in [6.07, 6.45) is -2.40. The molecule has 2 aromatic heterocycles. The predicted octanol–water partition coefficient (Wildman–Crippen LogP) is -2.36. The first-order valence-electron chi connectivity index (χ1n) is 5.95. The van der Waals surface area contributed by atoms with Gasteiger partial charge < -0.3 is 20.7 Å². The molecule has 0 aliphatic carbocycles. The predicted molar refractivity (Wildman–Crippen MR) is 67.0 cm³/mol. The first-order chi connectivity index (χ1) is 9.51. The molecule has 1 aliphatic heterocycles. The zero-order valence-electron chi connectivity index (χ0n) is 10.2. The molecule has 1 saturated heterocycles. The highest BCUT2D eigenvalue weighted by Crippen LogP contribution is 2.28. The molecule has 0 saturated carbocycles. The van der Waals surface area contributed by atoms with E-state index in [9.17, 15) is 14.7 Å². The molecule has 0 aromatic carbocycles. The number of nitrogens with one attached hydrogen (secondary N) is 2. The molecule has 10 nitrogen and oxygen atoms in total. The lowest BCUT2D eigenvalue weighted by molar-refractivity contribution is -0.0441. The third-order valence-electron chi connectivity index (χ3n) is 3.27. The summed E-state index contributed by atoms with van der Waals surface area (Å²) in [7, 11) is 0. The Morgan fingerprint density at radius 1 is 1.45 bits per heavy atom. The maximum Gasteiger partial charge on any atom is 0.329 e. The molecule has 0 unspecified atom stereocenters. The maximum absolute atomic E-state index is 11.9. The van der Waals surface area contributed by atoms with Crippen LogP contribution in [-0.4, -0.2) is 48.5 Å². The van der Waals surface area contributed by atoms with Crippen LogP contribution in [0.25, 0.3) is 11.2 Å². The molecule has 2 aromatic rings. The van der Waals surface area contributed by atoms with Gasteiger partial charge in [0.25, 0.3) is 5.56 Å². The number of aromatic nitrogens is 4. The number of nitrogens with zero attached hydrogens (tertiary/aromatic N) is 2. The molecule has 0 amide bonds. The molecule has 0 radical (unpaired) electrons. The van der Waals surface area contributed by atoms with Crippen LogP contribution >= 0.6 is 0 Å². The van der Waals surface area contributed by atoms with Gasteiger partial charge in [-0.1, -0.05) is 0 Å². The number of nitrogen functional groups attached to an aromatic ring is 1. The van der Waals surface area contributed by atoms with Crippen molar-refractivity contribution in [2.45, 2.75) is 24.9 Å². The quantitative estimate of drug-likeness (QED) is 0.412. The van der Waals surface area contributed by atoms with Crippen LogP contribution in [0.2, 0.25) is 0 Å². The fourth-order valence-corrected chi connectivity index (χ4v) is 2.33. The highest BCUT2D eigenvalue weighted by Gasteiger charge is 2.36. The van der Waals surface area contributed by atoms with E-state index in [4.69, 9.17) is 15.6 Å². The molecule has 3 rings (SSSR count). The Labute approximate surface area is 110 Å². The van der Waals surface area contributed by atoms with Crippen molar-refractivity contribution in [1.29, 1.82) is 0 Å². The first kappa shape index (κ1) is 12.8. The van der Waals surface area contributed by atoms with Crippen molar-refractivity contribution in [2.75, 3.05) is 12.3 Å². The van der Waals surface area contributed by atoms with E-state index in [1.807, 2.05) is 0 Å². The van der Waals surface area contributed by atoms with Crippen LogP contribution in [0.1, 0.15) is 12.6 Å². The lowest BCUT2D eigenvalue weighted by atomic mass is 10.2. The van der Waals surface area contributed by atoms with Crippen molar-refractivity contribution >= 4 is 17.1 Å². The summed E-state index contributed by atoms with van der Waals surface area (Å²) in [6, 6.07) is 0. The van der Waals surface area contributed by atoms with Gasteiger partial charge in [0, 0.05) is 6.42 Å². The fourth-order valence-electron chi connectivity index (χ4n) is 2.33. The number of H-pyrrole nitrogens is 2. The van der Waals surface area contributed by atoms with E-state index in [1.165, 1.54) is 0 Å². The number of ether oxygens (including phenoxy) is 1. The number of nitrogens with two attached hydrogens (primary N) is 1. The Kier molecular flexibility index (Phi) is 2.85. The molecular formula is C10H13N5O5. The van der Waals surface area contributed by atoms with E-state index in [1.54, 1.807) is 0 Å². The fraction of sp³-hybridized carbons (Fsp3) is 0.500. The van der Waals surface area contributed by atoms with E-state index < -0.39 is 29.7 Å². The normalized spacial score (nSPS) is 26.4. The number of hydrogen-bond donors (Lipinski definition) is 5. The van der Waals surface area contributed by atoms with Crippen molar-refractivity contribution in [3.63, 3.8) is 0 Å². The molecular weight excluding hydrogens is 270 g/mol. The van der Waals surface area contributed by atoms with Gasteiger partial charge in [0.1, 0.15) is 12.3 Å². The molecule has 1 aliphatic rings. The molecule has 1 fully saturated rings. The zero-order valence-corrected chi connectivity index (χ0v) is 10.2. The largest absolute Gasteiger partial charge is 0.394 e. The summed E-state index contributed by atoms with van der Waals surface area (Å²) >= 11 is 0. The van der Waals surface area contributed by atoms with Gasteiger partial charge in [0.2, 0.25) is 5.95 Å². The second-order valence-corrected chi connectivity index (χ2v) is 4.56. The standard InChI is InChI=1S/C10H13N5O5/c11-9-13-7-6(8(18)14-9)12-10(19)15(7)5-1-3(17)4(2-16)20-5/h3-5,16-17H,1-2H2,(H,12,19)(H3,11,13,14,18)/t3-,4-,5+/m1/s1. The van der Waals surface area contributed by atoms with Crippen LogP contribution in [0.15, 0.2) is 9.59 Å². The summed E-state index contributed by atoms with van der Waals surface area (Å²) in [6.45, 7) is -0.370. The summed E-state index contributed by atoms with van der Waals surface area (Å²) in [4.78, 5) is 32.2. The Balaban J connectivity index is 2.15. The van der Waals surface area contributed by atoms with Crippen molar-refractivity contribution < 1.29 is 14.9 Å². The van der Waals surface area contributed by atoms with Gasteiger partial charge in [-0.25, -0.2) is 9.36 Å². The van der Waals surface area contributed by atoms with E-state index in [0.717, 1.165) is 4.57 Å². The van der Waals surface area contributed by atoms with Crippen LogP contribution in [-0.2, 0) is 4.74 Å². The van der Waals surface area contributed by atoms with Gasteiger partial charge >= 0.3 is 5.69 Å². The average Bonchev–Trinajstić information content (AvgIpc) is 2.89. The zero-order chi connectivity index (χ0) is 14.4. The first-order valence-corrected chi connectivity index (χ1v) is 5.95. The number of imidazole rings is 1. The van der Waals surface area contributed by atoms with E-state index in [-0.39, 0.29) is 30.1 Å². The Hall–Kier alpha value is -2.17. The SMILES string of the molecule is Nc1nc2c([nH]c(=O)n2[C@@H]2C[C@@H](O)[C@@H](CO)O2)c(=O)[nH]1. The van der Waals surface area contributed by atoms with Crippen molar-refractivity contribution in [3.8, 4) is 0 Å². The van der Waals surface area contributed by atoms with Gasteiger partial charge in [0.05, 0.1) is 12.7 Å². The van der Waals surface area contributed by atoms with Crippen molar-refractivity contribution in [1.82, 2.24) is 19.5 Å². The van der Waals surface area contributed by atoms with Gasteiger partial charge in [-0.15, -0.1) is 0 Å². The molecule has 20 heavy (non-hydrogen) atoms. The number of fused-ring (bicyclic) bond motifs is 1. The highest BCUT2D eigenvalue weighted by molar-refractivity contribution is 5.70. The molecule has 108 valence electrons. The molecule has 3 atom stereocenters. The second-order valence-electron chi connectivity index (χ2n) is 4.56. The summed E-state index contributed by atoms with van der Waals surface area (Å²) < 4.78 is 6.50. The lowest BCUT2D eigenvalue weighted by Gasteiger charge is -2.12. The lowest BCUT2D eigenvalue weighted by Crippen LogP contribution is -2.25. The monoisotopic (exact) mass is 283 g/mol. The Bertz CT molecular complexity index is 761. The van der Waals surface area contributed by atoms with Gasteiger partial charge in [-0.3, -0.25) is 14.8 Å². The third kappa shape index (κ3) is 1.81. The number of aromatic amines is 2.